The predicted octanol–water partition coefficient (Wildman–Crippen LogP) is 2.45. The maximum Gasteiger partial charge on any atom is 0.126 e. The zero-order valence-corrected chi connectivity index (χ0v) is 7.26. The Kier molecular flexibility index (Phi) is 2.02. The molecule has 0 amide bonds. The van der Waals surface area contributed by atoms with Gasteiger partial charge in [0.2, 0.25) is 0 Å². The molecule has 0 spiro atoms. The molecule has 0 fully saturated rings. The van der Waals surface area contributed by atoms with Gasteiger partial charge in [-0.3, -0.25) is 0 Å². The minimum Gasteiger partial charge on any atom is -0.207 e. The molecule has 13 heavy (non-hydrogen) atoms. The molecule has 1 unspecified atom stereocenters. The number of rotatable bonds is 0. The second-order valence-electron chi connectivity index (χ2n) is 3.45. The lowest BCUT2D eigenvalue weighted by molar-refractivity contribution is 0.528. The highest BCUT2D eigenvalue weighted by Gasteiger charge is 2.19. The lowest BCUT2D eigenvalue weighted by atomic mass is 9.84. The molecule has 1 aliphatic rings. The summed E-state index contributed by atoms with van der Waals surface area (Å²) in [5.41, 5.74) is 1.83. The van der Waals surface area contributed by atoms with Crippen molar-refractivity contribution in [3.05, 3.63) is 35.1 Å². The minimum atomic E-state index is -0.117. The molecule has 1 aliphatic carbocycles. The van der Waals surface area contributed by atoms with Crippen LogP contribution in [0, 0.1) is 23.1 Å². The number of hydrogen-bond acceptors (Lipinski definition) is 1. The SMILES string of the molecule is N#CC1CCc2c(F)cccc2C1. The van der Waals surface area contributed by atoms with Crippen LogP contribution < -0.4 is 0 Å². The fourth-order valence-corrected chi connectivity index (χ4v) is 1.87. The van der Waals surface area contributed by atoms with E-state index in [1.165, 1.54) is 6.07 Å². The standard InChI is InChI=1S/C11H10FN/c12-11-3-1-2-9-6-8(7-13)4-5-10(9)11/h1-3,8H,4-6H2. The Bertz CT molecular complexity index is 365. The van der Waals surface area contributed by atoms with Gasteiger partial charge in [0.05, 0.1) is 12.0 Å². The quantitative estimate of drug-likeness (QED) is 0.594. The monoisotopic (exact) mass is 175 g/mol. The van der Waals surface area contributed by atoms with E-state index in [2.05, 4.69) is 6.07 Å². The third kappa shape index (κ3) is 1.42. The maximum atomic E-state index is 13.2. The smallest absolute Gasteiger partial charge is 0.126 e. The lowest BCUT2D eigenvalue weighted by Crippen LogP contribution is -2.13. The number of fused-ring (bicyclic) bond motifs is 1. The predicted molar refractivity (Wildman–Crippen MR) is 47.5 cm³/mol. The molecule has 1 aromatic rings. The van der Waals surface area contributed by atoms with Crippen molar-refractivity contribution >= 4 is 0 Å². The highest BCUT2D eigenvalue weighted by Crippen LogP contribution is 2.26. The van der Waals surface area contributed by atoms with E-state index >= 15 is 0 Å². The lowest BCUT2D eigenvalue weighted by Gasteiger charge is -2.19. The molecule has 0 N–H and O–H groups in total. The van der Waals surface area contributed by atoms with E-state index in [1.807, 2.05) is 6.07 Å². The molecule has 2 heteroatoms. The zero-order valence-electron chi connectivity index (χ0n) is 7.26. The highest BCUT2D eigenvalue weighted by molar-refractivity contribution is 5.32. The molecule has 2 rings (SSSR count). The highest BCUT2D eigenvalue weighted by atomic mass is 19.1. The van der Waals surface area contributed by atoms with Gasteiger partial charge in [-0.15, -0.1) is 0 Å². The topological polar surface area (TPSA) is 23.8 Å². The van der Waals surface area contributed by atoms with E-state index < -0.39 is 0 Å². The number of benzene rings is 1. The van der Waals surface area contributed by atoms with Gasteiger partial charge in [0, 0.05) is 0 Å². The van der Waals surface area contributed by atoms with Crippen LogP contribution in [0.2, 0.25) is 0 Å². The third-order valence-electron chi connectivity index (χ3n) is 2.61. The Hall–Kier alpha value is -1.36. The van der Waals surface area contributed by atoms with Crippen LogP contribution in [-0.2, 0) is 12.8 Å². The molecular formula is C11H10FN. The van der Waals surface area contributed by atoms with Gasteiger partial charge in [-0.2, -0.15) is 5.26 Å². The average molecular weight is 175 g/mol. The second-order valence-corrected chi connectivity index (χ2v) is 3.45. The molecule has 0 radical (unpaired) electrons. The molecule has 0 heterocycles. The van der Waals surface area contributed by atoms with E-state index in [0.29, 0.717) is 12.8 Å². The average Bonchev–Trinajstić information content (AvgIpc) is 2.18. The van der Waals surface area contributed by atoms with E-state index in [-0.39, 0.29) is 11.7 Å². The summed E-state index contributed by atoms with van der Waals surface area (Å²) in [6.45, 7) is 0. The third-order valence-corrected chi connectivity index (χ3v) is 2.61. The first-order valence-corrected chi connectivity index (χ1v) is 4.47. The summed E-state index contributed by atoms with van der Waals surface area (Å²) >= 11 is 0. The molecule has 0 bridgehead atoms. The molecule has 1 aromatic carbocycles. The van der Waals surface area contributed by atoms with Crippen LogP contribution in [0.3, 0.4) is 0 Å². The molecule has 0 saturated carbocycles. The molecule has 0 aromatic heterocycles. The summed E-state index contributed by atoms with van der Waals surface area (Å²) in [4.78, 5) is 0. The number of hydrogen-bond donors (Lipinski definition) is 0. The molecule has 66 valence electrons. The summed E-state index contributed by atoms with van der Waals surface area (Å²) in [5, 5.41) is 8.74. The molecule has 1 atom stereocenters. The van der Waals surface area contributed by atoms with E-state index in [1.54, 1.807) is 6.07 Å². The van der Waals surface area contributed by atoms with Crippen molar-refractivity contribution < 1.29 is 4.39 Å². The van der Waals surface area contributed by atoms with Gasteiger partial charge in [-0.25, -0.2) is 4.39 Å². The fraction of sp³-hybridized carbons (Fsp3) is 0.364. The number of nitrogens with zero attached hydrogens (tertiary/aromatic N) is 1. The van der Waals surface area contributed by atoms with Gasteiger partial charge in [-0.05, 0) is 36.5 Å². The van der Waals surface area contributed by atoms with Crippen LogP contribution >= 0.6 is 0 Å². The van der Waals surface area contributed by atoms with E-state index in [0.717, 1.165) is 17.5 Å². The Morgan fingerprint density at radius 2 is 2.31 bits per heavy atom. The van der Waals surface area contributed by atoms with Gasteiger partial charge >= 0.3 is 0 Å². The first kappa shape index (κ1) is 8.25. The van der Waals surface area contributed by atoms with Gasteiger partial charge in [-0.1, -0.05) is 12.1 Å². The van der Waals surface area contributed by atoms with Crippen molar-refractivity contribution in [1.82, 2.24) is 0 Å². The molecule has 1 nitrogen and oxygen atoms in total. The summed E-state index contributed by atoms with van der Waals surface area (Å²) < 4.78 is 13.2. The van der Waals surface area contributed by atoms with Crippen LogP contribution in [-0.4, -0.2) is 0 Å². The van der Waals surface area contributed by atoms with Gasteiger partial charge in [0.15, 0.2) is 0 Å². The van der Waals surface area contributed by atoms with Crippen molar-refractivity contribution in [1.29, 1.82) is 5.26 Å². The van der Waals surface area contributed by atoms with Crippen LogP contribution in [0.25, 0.3) is 0 Å². The van der Waals surface area contributed by atoms with Gasteiger partial charge in [0.1, 0.15) is 5.82 Å². The van der Waals surface area contributed by atoms with E-state index in [9.17, 15) is 4.39 Å². The van der Waals surface area contributed by atoms with Crippen molar-refractivity contribution in [2.75, 3.05) is 0 Å². The van der Waals surface area contributed by atoms with Crippen molar-refractivity contribution in [3.63, 3.8) is 0 Å². The molecule has 0 aliphatic heterocycles. The van der Waals surface area contributed by atoms with Crippen molar-refractivity contribution in [3.8, 4) is 6.07 Å². The summed E-state index contributed by atoms with van der Waals surface area (Å²) in [5.74, 6) is -0.0387. The van der Waals surface area contributed by atoms with Crippen LogP contribution in [0.15, 0.2) is 18.2 Å². The first-order valence-electron chi connectivity index (χ1n) is 4.47. The normalized spacial score (nSPS) is 20.5. The van der Waals surface area contributed by atoms with Crippen molar-refractivity contribution in [2.24, 2.45) is 5.92 Å². The first-order chi connectivity index (χ1) is 6.31. The largest absolute Gasteiger partial charge is 0.207 e. The Morgan fingerprint density at radius 1 is 1.46 bits per heavy atom. The summed E-state index contributed by atoms with van der Waals surface area (Å²) in [7, 11) is 0. The fourth-order valence-electron chi connectivity index (χ4n) is 1.87. The summed E-state index contributed by atoms with van der Waals surface area (Å²) in [6.07, 6.45) is 2.22. The molecule has 0 saturated heterocycles. The maximum absolute atomic E-state index is 13.2. The number of nitriles is 1. The van der Waals surface area contributed by atoms with Crippen LogP contribution in [0.5, 0.6) is 0 Å². The van der Waals surface area contributed by atoms with Crippen molar-refractivity contribution in [2.45, 2.75) is 19.3 Å². The van der Waals surface area contributed by atoms with Gasteiger partial charge < -0.3 is 0 Å². The Balaban J connectivity index is 2.37. The van der Waals surface area contributed by atoms with Crippen LogP contribution in [0.4, 0.5) is 4.39 Å². The summed E-state index contributed by atoms with van der Waals surface area (Å²) in [6, 6.07) is 7.37. The van der Waals surface area contributed by atoms with E-state index in [4.69, 9.17) is 5.26 Å². The Labute approximate surface area is 76.8 Å². The Morgan fingerprint density at radius 3 is 3.08 bits per heavy atom. The minimum absolute atomic E-state index is 0.0781. The number of halogens is 1. The zero-order chi connectivity index (χ0) is 9.26. The molecular weight excluding hydrogens is 165 g/mol. The second kappa shape index (κ2) is 3.18. The van der Waals surface area contributed by atoms with Gasteiger partial charge in [0.25, 0.3) is 0 Å². The van der Waals surface area contributed by atoms with Crippen LogP contribution in [0.1, 0.15) is 17.5 Å².